The van der Waals surface area contributed by atoms with Gasteiger partial charge in [0.05, 0.1) is 25.5 Å². The van der Waals surface area contributed by atoms with Gasteiger partial charge in [0.15, 0.2) is 9.84 Å². The summed E-state index contributed by atoms with van der Waals surface area (Å²) in [5, 5.41) is -0.700. The fourth-order valence-electron chi connectivity index (χ4n) is 2.95. The number of nitrogens with one attached hydrogen (secondary N) is 1. The Morgan fingerprint density at radius 2 is 1.53 bits per heavy atom. The molecule has 1 heterocycles. The van der Waals surface area contributed by atoms with Crippen LogP contribution in [-0.2, 0) is 30.8 Å². The minimum atomic E-state index is -4.64. The van der Waals surface area contributed by atoms with Crippen molar-refractivity contribution >= 4 is 49.1 Å². The zero-order chi connectivity index (χ0) is 23.9. The molecule has 0 aliphatic carbocycles. The zero-order valence-corrected chi connectivity index (χ0v) is 19.4. The van der Waals surface area contributed by atoms with Crippen molar-refractivity contribution in [2.45, 2.75) is 28.1 Å². The lowest BCUT2D eigenvalue weighted by molar-refractivity contribution is -0.137. The zero-order valence-electron chi connectivity index (χ0n) is 16.2. The summed E-state index contributed by atoms with van der Waals surface area (Å²) in [4.78, 5) is 12.0. The number of carbonyl (C=O) groups is 1. The summed E-state index contributed by atoms with van der Waals surface area (Å²) in [6.07, 6.45) is -4.64. The highest BCUT2D eigenvalue weighted by Gasteiger charge is 2.38. The number of carbonyl (C=O) groups excluding carboxylic acids is 1. The number of hydrogen-bond donors (Lipinski definition) is 1. The van der Waals surface area contributed by atoms with Gasteiger partial charge in [0.2, 0.25) is 0 Å². The Balaban J connectivity index is 1.83. The summed E-state index contributed by atoms with van der Waals surface area (Å²) < 4.78 is 90.4. The molecule has 0 saturated carbocycles. The van der Waals surface area contributed by atoms with E-state index in [0.29, 0.717) is 17.2 Å². The van der Waals surface area contributed by atoms with E-state index in [1.807, 2.05) is 0 Å². The van der Waals surface area contributed by atoms with Gasteiger partial charge in [-0.25, -0.2) is 21.6 Å². The molecule has 13 heteroatoms. The summed E-state index contributed by atoms with van der Waals surface area (Å²) in [6, 6.07) is 8.14. The highest BCUT2D eigenvalue weighted by atomic mass is 35.5. The van der Waals surface area contributed by atoms with Crippen molar-refractivity contribution in [1.29, 1.82) is 0 Å². The van der Waals surface area contributed by atoms with Gasteiger partial charge in [-0.3, -0.25) is 4.79 Å². The molecule has 1 unspecified atom stereocenters. The molecular formula is C19H15ClF3NO5S3. The molecule has 0 spiro atoms. The third-order valence-corrected chi connectivity index (χ3v) is 9.97. The van der Waals surface area contributed by atoms with Gasteiger partial charge in [-0.2, -0.15) is 13.2 Å². The number of rotatable bonds is 5. The van der Waals surface area contributed by atoms with E-state index >= 15 is 0 Å². The van der Waals surface area contributed by atoms with Crippen LogP contribution in [0.4, 0.5) is 13.2 Å². The van der Waals surface area contributed by atoms with Crippen LogP contribution in [-0.4, -0.2) is 33.7 Å². The van der Waals surface area contributed by atoms with Gasteiger partial charge in [0.1, 0.15) is 0 Å². The Labute approximate surface area is 191 Å². The average Bonchev–Trinajstić information content (AvgIpc) is 3.10. The lowest BCUT2D eigenvalue weighted by Gasteiger charge is -2.13. The molecule has 0 fully saturated rings. The molecule has 0 radical (unpaired) electrons. The van der Waals surface area contributed by atoms with Crippen LogP contribution in [0.2, 0.25) is 5.02 Å². The van der Waals surface area contributed by atoms with Gasteiger partial charge in [-0.05, 0) is 61.0 Å². The first kappa shape index (κ1) is 24.6. The van der Waals surface area contributed by atoms with Crippen molar-refractivity contribution in [3.63, 3.8) is 0 Å². The fraction of sp³-hybridized carbons (Fsp3) is 0.211. The second-order valence-corrected chi connectivity index (χ2v) is 12.0. The van der Waals surface area contributed by atoms with E-state index in [1.54, 1.807) is 4.72 Å². The maximum atomic E-state index is 12.9. The van der Waals surface area contributed by atoms with Gasteiger partial charge in [0.25, 0.3) is 15.9 Å². The molecule has 3 rings (SSSR count). The number of sulfone groups is 1. The molecule has 6 nitrogen and oxygen atoms in total. The average molecular weight is 526 g/mol. The molecule has 0 aromatic heterocycles. The van der Waals surface area contributed by atoms with E-state index in [9.17, 15) is 34.8 Å². The SMILES string of the molecule is CC1=C(C(=O)NS(=O)(=O)c2ccc(C(F)(F)F)cc2)SCC1S(=O)(=O)c1ccc(Cl)cc1. The second-order valence-electron chi connectivity index (χ2n) is 6.77. The summed E-state index contributed by atoms with van der Waals surface area (Å²) in [5.41, 5.74) is -0.868. The molecule has 1 aliphatic heterocycles. The predicted octanol–water partition coefficient (Wildman–Crippen LogP) is 4.03. The van der Waals surface area contributed by atoms with E-state index in [0.717, 1.165) is 23.9 Å². The van der Waals surface area contributed by atoms with Crippen molar-refractivity contribution in [2.75, 3.05) is 5.75 Å². The molecule has 2 aromatic rings. The first-order valence-electron chi connectivity index (χ1n) is 8.81. The van der Waals surface area contributed by atoms with E-state index in [1.165, 1.54) is 31.2 Å². The van der Waals surface area contributed by atoms with Crippen molar-refractivity contribution < 1.29 is 34.8 Å². The van der Waals surface area contributed by atoms with Crippen LogP contribution in [0.1, 0.15) is 12.5 Å². The maximum Gasteiger partial charge on any atom is 0.416 e. The summed E-state index contributed by atoms with van der Waals surface area (Å²) in [6.45, 7) is 1.41. The Morgan fingerprint density at radius 1 is 1.00 bits per heavy atom. The van der Waals surface area contributed by atoms with Crippen LogP contribution < -0.4 is 4.72 Å². The first-order valence-corrected chi connectivity index (χ1v) is 13.2. The molecule has 172 valence electrons. The fourth-order valence-corrected chi connectivity index (χ4v) is 7.64. The third-order valence-electron chi connectivity index (χ3n) is 4.66. The van der Waals surface area contributed by atoms with Gasteiger partial charge in [0, 0.05) is 10.8 Å². The van der Waals surface area contributed by atoms with E-state index < -0.39 is 47.7 Å². The van der Waals surface area contributed by atoms with Crippen LogP contribution in [0.25, 0.3) is 0 Å². The number of thioether (sulfide) groups is 1. The Kier molecular flexibility index (Phi) is 6.72. The topological polar surface area (TPSA) is 97.4 Å². The second kappa shape index (κ2) is 8.73. The smallest absolute Gasteiger partial charge is 0.268 e. The highest BCUT2D eigenvalue weighted by molar-refractivity contribution is 8.05. The Bertz CT molecular complexity index is 1290. The molecule has 1 atom stereocenters. The first-order chi connectivity index (χ1) is 14.7. The number of amides is 1. The molecule has 0 bridgehead atoms. The van der Waals surface area contributed by atoms with Crippen LogP contribution >= 0.6 is 23.4 Å². The summed E-state index contributed by atoms with van der Waals surface area (Å²) >= 11 is 6.67. The van der Waals surface area contributed by atoms with Crippen molar-refractivity contribution in [3.8, 4) is 0 Å². The molecular weight excluding hydrogens is 511 g/mol. The number of alkyl halides is 3. The Morgan fingerprint density at radius 3 is 2.06 bits per heavy atom. The number of halogens is 4. The Hall–Kier alpha value is -2.02. The lowest BCUT2D eigenvalue weighted by Crippen LogP contribution is -2.31. The summed E-state index contributed by atoms with van der Waals surface area (Å²) in [5.74, 6) is -1.05. The lowest BCUT2D eigenvalue weighted by atomic mass is 10.2. The van der Waals surface area contributed by atoms with Gasteiger partial charge < -0.3 is 0 Å². The molecule has 1 amide bonds. The van der Waals surface area contributed by atoms with Crippen molar-refractivity contribution in [2.24, 2.45) is 0 Å². The van der Waals surface area contributed by atoms with Gasteiger partial charge in [-0.1, -0.05) is 11.6 Å². The number of hydrogen-bond acceptors (Lipinski definition) is 6. The molecule has 1 aliphatic rings. The number of sulfonamides is 1. The van der Waals surface area contributed by atoms with Crippen LogP contribution in [0.3, 0.4) is 0 Å². The van der Waals surface area contributed by atoms with E-state index in [-0.39, 0.29) is 21.1 Å². The van der Waals surface area contributed by atoms with E-state index in [2.05, 4.69) is 0 Å². The molecule has 1 N–H and O–H groups in total. The monoisotopic (exact) mass is 525 g/mol. The molecule has 0 saturated heterocycles. The highest BCUT2D eigenvalue weighted by Crippen LogP contribution is 2.38. The van der Waals surface area contributed by atoms with Gasteiger partial charge >= 0.3 is 6.18 Å². The van der Waals surface area contributed by atoms with Crippen LogP contribution in [0.5, 0.6) is 0 Å². The minimum absolute atomic E-state index is 0.000125. The minimum Gasteiger partial charge on any atom is -0.268 e. The largest absolute Gasteiger partial charge is 0.416 e. The molecule has 2 aromatic carbocycles. The van der Waals surface area contributed by atoms with Crippen LogP contribution in [0.15, 0.2) is 68.8 Å². The summed E-state index contributed by atoms with van der Waals surface area (Å²) in [7, 11) is -8.33. The molecule has 32 heavy (non-hydrogen) atoms. The standard InChI is InChI=1S/C19H15ClF3NO5S3/c1-11-16(31(26,27)14-8-4-13(20)5-9-14)10-30-17(11)18(25)24-32(28,29)15-6-2-12(3-7-15)19(21,22)23/h2-9,16H,10H2,1H3,(H,24,25). The van der Waals surface area contributed by atoms with Crippen molar-refractivity contribution in [1.82, 2.24) is 4.72 Å². The van der Waals surface area contributed by atoms with Gasteiger partial charge in [-0.15, -0.1) is 11.8 Å². The quantitative estimate of drug-likeness (QED) is 0.633. The van der Waals surface area contributed by atoms with Crippen molar-refractivity contribution in [3.05, 3.63) is 69.6 Å². The van der Waals surface area contributed by atoms with Crippen LogP contribution in [0, 0.1) is 0 Å². The third kappa shape index (κ3) is 4.98. The predicted molar refractivity (Wildman–Crippen MR) is 114 cm³/mol. The normalized spacial score (nSPS) is 17.5. The van der Waals surface area contributed by atoms with E-state index in [4.69, 9.17) is 11.6 Å². The maximum absolute atomic E-state index is 12.9. The number of benzene rings is 2.